The maximum Gasteiger partial charge on any atom is 0.414 e. The highest BCUT2D eigenvalue weighted by atomic mass is 79.9. The molecule has 160 valence electrons. The lowest BCUT2D eigenvalue weighted by Gasteiger charge is -2.34. The standard InChI is InChI=1S/C19H21BrN2O2.C2H2O4/c1-24-18-4-2-3-16(13-18)19(23)22-11-9-21(10-12-22)14-15-5-7-17(20)8-6-15;3-1(4)2(5)6/h2-8,13H,9-12,14H2,1H3;(H,3,4)(H,5,6). The van der Waals surface area contributed by atoms with Crippen LogP contribution in [-0.4, -0.2) is 71.1 Å². The van der Waals surface area contributed by atoms with E-state index < -0.39 is 11.9 Å². The number of methoxy groups -OCH3 is 1. The number of hydrogen-bond donors (Lipinski definition) is 2. The van der Waals surface area contributed by atoms with E-state index in [1.54, 1.807) is 13.2 Å². The van der Waals surface area contributed by atoms with Crippen molar-refractivity contribution in [2.45, 2.75) is 6.54 Å². The van der Waals surface area contributed by atoms with Gasteiger partial charge in [0.25, 0.3) is 5.91 Å². The summed E-state index contributed by atoms with van der Waals surface area (Å²) >= 11 is 3.46. The fourth-order valence-corrected chi connectivity index (χ4v) is 3.16. The van der Waals surface area contributed by atoms with Crippen LogP contribution in [0.1, 0.15) is 15.9 Å². The number of hydrogen-bond acceptors (Lipinski definition) is 5. The molecule has 0 unspecified atom stereocenters. The van der Waals surface area contributed by atoms with E-state index >= 15 is 0 Å². The molecule has 0 radical (unpaired) electrons. The Morgan fingerprint density at radius 1 is 0.967 bits per heavy atom. The summed E-state index contributed by atoms with van der Waals surface area (Å²) in [6, 6.07) is 15.8. The maximum atomic E-state index is 12.6. The highest BCUT2D eigenvalue weighted by Crippen LogP contribution is 2.17. The Bertz CT molecular complexity index is 867. The fraction of sp³-hybridized carbons (Fsp3) is 0.286. The van der Waals surface area contributed by atoms with E-state index in [2.05, 4.69) is 45.1 Å². The molecule has 2 N–H and O–H groups in total. The Morgan fingerprint density at radius 3 is 2.10 bits per heavy atom. The molecule has 1 aliphatic heterocycles. The molecule has 2 aromatic rings. The van der Waals surface area contributed by atoms with Crippen molar-refractivity contribution >= 4 is 33.8 Å². The second kappa shape index (κ2) is 11.3. The molecular formula is C21H23BrN2O6. The van der Waals surface area contributed by atoms with Crippen molar-refractivity contribution in [3.05, 3.63) is 64.1 Å². The minimum Gasteiger partial charge on any atom is -0.497 e. The average Bonchev–Trinajstić information content (AvgIpc) is 2.76. The molecule has 9 heteroatoms. The molecule has 0 spiro atoms. The zero-order chi connectivity index (χ0) is 22.1. The van der Waals surface area contributed by atoms with Crippen LogP contribution in [0.25, 0.3) is 0 Å². The number of aliphatic carboxylic acids is 2. The Kier molecular flexibility index (Phi) is 8.82. The van der Waals surface area contributed by atoms with Crippen LogP contribution in [0, 0.1) is 0 Å². The number of amides is 1. The molecule has 0 saturated carbocycles. The van der Waals surface area contributed by atoms with Gasteiger partial charge < -0.3 is 19.8 Å². The van der Waals surface area contributed by atoms with Crippen LogP contribution in [0.5, 0.6) is 5.75 Å². The zero-order valence-corrected chi connectivity index (χ0v) is 18.0. The number of carboxylic acid groups (broad SMARTS) is 2. The van der Waals surface area contributed by atoms with E-state index in [0.29, 0.717) is 5.56 Å². The lowest BCUT2D eigenvalue weighted by Crippen LogP contribution is -2.48. The van der Waals surface area contributed by atoms with Crippen LogP contribution in [0.4, 0.5) is 0 Å². The third kappa shape index (κ3) is 7.16. The average molecular weight is 479 g/mol. The van der Waals surface area contributed by atoms with Crippen molar-refractivity contribution in [3.8, 4) is 5.75 Å². The lowest BCUT2D eigenvalue weighted by molar-refractivity contribution is -0.159. The topological polar surface area (TPSA) is 107 Å². The molecule has 1 aliphatic rings. The van der Waals surface area contributed by atoms with Gasteiger partial charge in [-0.05, 0) is 35.9 Å². The Morgan fingerprint density at radius 2 is 1.57 bits per heavy atom. The molecule has 30 heavy (non-hydrogen) atoms. The molecule has 1 fully saturated rings. The number of carbonyl (C=O) groups is 3. The number of ether oxygens (including phenoxy) is 1. The first-order valence-corrected chi connectivity index (χ1v) is 9.95. The Hall–Kier alpha value is -2.91. The number of carbonyl (C=O) groups excluding carboxylic acids is 1. The van der Waals surface area contributed by atoms with Gasteiger partial charge in [0, 0.05) is 42.8 Å². The van der Waals surface area contributed by atoms with Crippen LogP contribution in [0.3, 0.4) is 0 Å². The number of piperazine rings is 1. The number of carboxylic acids is 2. The van der Waals surface area contributed by atoms with Crippen molar-refractivity contribution in [1.29, 1.82) is 0 Å². The molecule has 1 amide bonds. The van der Waals surface area contributed by atoms with E-state index in [1.165, 1.54) is 5.56 Å². The van der Waals surface area contributed by atoms with Gasteiger partial charge in [-0.2, -0.15) is 0 Å². The summed E-state index contributed by atoms with van der Waals surface area (Å²) in [5, 5.41) is 14.8. The van der Waals surface area contributed by atoms with Crippen LogP contribution < -0.4 is 4.74 Å². The lowest BCUT2D eigenvalue weighted by atomic mass is 10.1. The minimum atomic E-state index is -1.82. The summed E-state index contributed by atoms with van der Waals surface area (Å²) in [5.41, 5.74) is 1.99. The fourth-order valence-electron chi connectivity index (χ4n) is 2.90. The van der Waals surface area contributed by atoms with E-state index in [4.69, 9.17) is 24.5 Å². The largest absolute Gasteiger partial charge is 0.497 e. The number of rotatable bonds is 4. The second-order valence-electron chi connectivity index (χ2n) is 6.54. The minimum absolute atomic E-state index is 0.0807. The van der Waals surface area contributed by atoms with Crippen molar-refractivity contribution in [3.63, 3.8) is 0 Å². The van der Waals surface area contributed by atoms with Gasteiger partial charge in [0.15, 0.2) is 0 Å². The molecule has 1 saturated heterocycles. The first-order valence-electron chi connectivity index (χ1n) is 9.16. The Labute approximate surface area is 182 Å². The molecule has 8 nitrogen and oxygen atoms in total. The van der Waals surface area contributed by atoms with Gasteiger partial charge in [-0.15, -0.1) is 0 Å². The second-order valence-corrected chi connectivity index (χ2v) is 7.45. The molecule has 0 aliphatic carbocycles. The predicted molar refractivity (Wildman–Crippen MR) is 114 cm³/mol. The molecule has 0 atom stereocenters. The summed E-state index contributed by atoms with van der Waals surface area (Å²) in [5.74, 6) is -2.85. The van der Waals surface area contributed by atoms with Crippen LogP contribution in [0.15, 0.2) is 53.0 Å². The van der Waals surface area contributed by atoms with E-state index in [1.807, 2.05) is 23.1 Å². The van der Waals surface area contributed by atoms with Crippen LogP contribution in [0.2, 0.25) is 0 Å². The first-order chi connectivity index (χ1) is 14.3. The molecule has 2 aromatic carbocycles. The monoisotopic (exact) mass is 478 g/mol. The summed E-state index contributed by atoms with van der Waals surface area (Å²) < 4.78 is 6.30. The van der Waals surface area contributed by atoms with Gasteiger partial charge in [0.05, 0.1) is 7.11 Å². The summed E-state index contributed by atoms with van der Waals surface area (Å²) in [6.45, 7) is 4.23. The summed E-state index contributed by atoms with van der Waals surface area (Å²) in [6.07, 6.45) is 0. The molecule has 0 bridgehead atoms. The number of halogens is 1. The first kappa shape index (κ1) is 23.4. The van der Waals surface area contributed by atoms with Crippen LogP contribution >= 0.6 is 15.9 Å². The van der Waals surface area contributed by atoms with E-state index in [-0.39, 0.29) is 5.91 Å². The SMILES string of the molecule is COc1cccc(C(=O)N2CCN(Cc3ccc(Br)cc3)CC2)c1.O=C(O)C(=O)O. The van der Waals surface area contributed by atoms with Gasteiger partial charge in [-0.3, -0.25) is 9.69 Å². The predicted octanol–water partition coefficient (Wildman–Crippen LogP) is 2.57. The highest BCUT2D eigenvalue weighted by molar-refractivity contribution is 9.10. The van der Waals surface area contributed by atoms with Crippen molar-refractivity contribution in [1.82, 2.24) is 9.80 Å². The molecular weight excluding hydrogens is 456 g/mol. The number of nitrogens with zero attached hydrogens (tertiary/aromatic N) is 2. The van der Waals surface area contributed by atoms with Gasteiger partial charge in [0.1, 0.15) is 5.75 Å². The maximum absolute atomic E-state index is 12.6. The smallest absolute Gasteiger partial charge is 0.414 e. The van der Waals surface area contributed by atoms with Gasteiger partial charge in [0.2, 0.25) is 0 Å². The van der Waals surface area contributed by atoms with E-state index in [9.17, 15) is 4.79 Å². The Balaban J connectivity index is 0.000000469. The highest BCUT2D eigenvalue weighted by Gasteiger charge is 2.22. The van der Waals surface area contributed by atoms with E-state index in [0.717, 1.165) is 42.9 Å². The zero-order valence-electron chi connectivity index (χ0n) is 16.5. The quantitative estimate of drug-likeness (QED) is 0.650. The third-order valence-corrected chi connectivity index (χ3v) is 5.01. The van der Waals surface area contributed by atoms with Crippen molar-refractivity contribution in [2.75, 3.05) is 33.3 Å². The summed E-state index contributed by atoms with van der Waals surface area (Å²) in [4.78, 5) is 35.1. The normalized spacial score (nSPS) is 13.7. The number of benzene rings is 2. The summed E-state index contributed by atoms with van der Waals surface area (Å²) in [7, 11) is 1.62. The molecule has 3 rings (SSSR count). The van der Waals surface area contributed by atoms with Crippen LogP contribution in [-0.2, 0) is 16.1 Å². The third-order valence-electron chi connectivity index (χ3n) is 4.48. The van der Waals surface area contributed by atoms with Crippen molar-refractivity contribution in [2.24, 2.45) is 0 Å². The molecule has 0 aromatic heterocycles. The van der Waals surface area contributed by atoms with Crippen molar-refractivity contribution < 1.29 is 29.3 Å². The van der Waals surface area contributed by atoms with Gasteiger partial charge in [-0.1, -0.05) is 34.1 Å². The van der Waals surface area contributed by atoms with Gasteiger partial charge >= 0.3 is 11.9 Å². The molecule has 1 heterocycles. The van der Waals surface area contributed by atoms with Gasteiger partial charge in [-0.25, -0.2) is 9.59 Å².